The average molecular weight is 306 g/mol. The molecule has 0 bridgehead atoms. The second-order valence-electron chi connectivity index (χ2n) is 3.56. The third-order valence-corrected chi connectivity index (χ3v) is 4.27. The topological polar surface area (TPSA) is 48.4 Å². The number of methoxy groups -OCH3 is 1. The van der Waals surface area contributed by atoms with E-state index in [4.69, 9.17) is 9.47 Å². The second-order valence-corrected chi connectivity index (χ2v) is 5.86. The number of halogens is 1. The molecule has 0 atom stereocenters. The Hall–Kier alpha value is -0.460. The van der Waals surface area contributed by atoms with Gasteiger partial charge in [-0.15, -0.1) is 11.3 Å². The zero-order valence-corrected chi connectivity index (χ0v) is 11.3. The van der Waals surface area contributed by atoms with Gasteiger partial charge in [-0.3, -0.25) is 0 Å². The van der Waals surface area contributed by atoms with Crippen molar-refractivity contribution in [1.29, 1.82) is 0 Å². The van der Waals surface area contributed by atoms with Crippen LogP contribution in [0.25, 0.3) is 0 Å². The number of hydrogen-bond donors (Lipinski definition) is 0. The summed E-state index contributed by atoms with van der Waals surface area (Å²) in [7, 11) is 1.38. The van der Waals surface area contributed by atoms with Gasteiger partial charge in [0.15, 0.2) is 9.61 Å². The van der Waals surface area contributed by atoms with E-state index in [1.165, 1.54) is 18.4 Å². The Morgan fingerprint density at radius 3 is 2.88 bits per heavy atom. The summed E-state index contributed by atoms with van der Waals surface area (Å²) in [6, 6.07) is 0. The van der Waals surface area contributed by atoms with Gasteiger partial charge in [0.2, 0.25) is 0 Å². The molecule has 1 aliphatic rings. The summed E-state index contributed by atoms with van der Waals surface area (Å²) in [5.41, 5.74) is 0.450. The highest BCUT2D eigenvalue weighted by Gasteiger charge is 2.26. The Morgan fingerprint density at radius 2 is 2.25 bits per heavy atom. The van der Waals surface area contributed by atoms with E-state index in [-0.39, 0.29) is 5.97 Å². The molecule has 2 rings (SSSR count). The Morgan fingerprint density at radius 1 is 1.56 bits per heavy atom. The van der Waals surface area contributed by atoms with E-state index in [2.05, 4.69) is 20.9 Å². The standard InChI is InChI=1S/C10H12BrNO3S/c1-14-9(13)7-8(16-10(11)12-7)6-2-4-15-5-3-6/h6H,2-5H2,1H3. The van der Waals surface area contributed by atoms with Gasteiger partial charge in [0.25, 0.3) is 0 Å². The molecule has 0 amide bonds. The molecule has 1 aromatic heterocycles. The molecule has 0 aliphatic carbocycles. The van der Waals surface area contributed by atoms with E-state index in [0.717, 1.165) is 34.8 Å². The number of carbonyl (C=O) groups excluding carboxylic acids is 1. The lowest BCUT2D eigenvalue weighted by molar-refractivity contribution is 0.0587. The number of esters is 1. The molecule has 16 heavy (non-hydrogen) atoms. The van der Waals surface area contributed by atoms with Gasteiger partial charge in [-0.05, 0) is 28.8 Å². The van der Waals surface area contributed by atoms with Crippen LogP contribution in [-0.4, -0.2) is 31.3 Å². The molecule has 0 unspecified atom stereocenters. The largest absolute Gasteiger partial charge is 0.464 e. The van der Waals surface area contributed by atoms with Crippen molar-refractivity contribution in [2.45, 2.75) is 18.8 Å². The minimum Gasteiger partial charge on any atom is -0.464 e. The predicted molar refractivity (Wildman–Crippen MR) is 63.9 cm³/mol. The monoisotopic (exact) mass is 305 g/mol. The minimum absolute atomic E-state index is 0.358. The molecule has 1 fully saturated rings. The van der Waals surface area contributed by atoms with Gasteiger partial charge in [-0.25, -0.2) is 9.78 Å². The van der Waals surface area contributed by atoms with Crippen molar-refractivity contribution in [2.75, 3.05) is 20.3 Å². The molecule has 1 aliphatic heterocycles. The fourth-order valence-corrected chi connectivity index (χ4v) is 3.43. The maximum Gasteiger partial charge on any atom is 0.357 e. The molecular formula is C10H12BrNO3S. The van der Waals surface area contributed by atoms with Crippen molar-refractivity contribution >= 4 is 33.2 Å². The average Bonchev–Trinajstić information content (AvgIpc) is 2.71. The highest BCUT2D eigenvalue weighted by molar-refractivity contribution is 9.11. The van der Waals surface area contributed by atoms with Gasteiger partial charge in [0.1, 0.15) is 0 Å². The lowest BCUT2D eigenvalue weighted by Crippen LogP contribution is -2.16. The van der Waals surface area contributed by atoms with Crippen molar-refractivity contribution in [2.24, 2.45) is 0 Å². The second kappa shape index (κ2) is 5.25. The van der Waals surface area contributed by atoms with Gasteiger partial charge < -0.3 is 9.47 Å². The smallest absolute Gasteiger partial charge is 0.357 e. The van der Waals surface area contributed by atoms with Crippen molar-refractivity contribution in [3.8, 4) is 0 Å². The first-order valence-electron chi connectivity index (χ1n) is 5.04. The van der Waals surface area contributed by atoms with Crippen LogP contribution in [-0.2, 0) is 9.47 Å². The molecule has 1 saturated heterocycles. The first kappa shape index (κ1) is 12.0. The molecule has 0 aromatic carbocycles. The number of rotatable bonds is 2. The highest BCUT2D eigenvalue weighted by Crippen LogP contribution is 2.35. The van der Waals surface area contributed by atoms with Gasteiger partial charge in [-0.2, -0.15) is 0 Å². The van der Waals surface area contributed by atoms with E-state index in [0.29, 0.717) is 11.6 Å². The van der Waals surface area contributed by atoms with Gasteiger partial charge in [0, 0.05) is 24.0 Å². The van der Waals surface area contributed by atoms with Crippen LogP contribution in [0.5, 0.6) is 0 Å². The third kappa shape index (κ3) is 2.44. The molecule has 0 N–H and O–H groups in total. The SMILES string of the molecule is COC(=O)c1nc(Br)sc1C1CCOCC1. The van der Waals surface area contributed by atoms with E-state index in [1.54, 1.807) is 0 Å². The van der Waals surface area contributed by atoms with Crippen LogP contribution in [0.15, 0.2) is 3.92 Å². The van der Waals surface area contributed by atoms with Crippen LogP contribution in [0.4, 0.5) is 0 Å². The molecule has 0 radical (unpaired) electrons. The zero-order valence-electron chi connectivity index (χ0n) is 8.86. The van der Waals surface area contributed by atoms with Crippen LogP contribution in [0.1, 0.15) is 34.1 Å². The maximum atomic E-state index is 11.6. The van der Waals surface area contributed by atoms with Gasteiger partial charge in [0.05, 0.1) is 7.11 Å². The van der Waals surface area contributed by atoms with Crippen LogP contribution in [0.2, 0.25) is 0 Å². The summed E-state index contributed by atoms with van der Waals surface area (Å²) in [5, 5.41) is 0. The zero-order chi connectivity index (χ0) is 11.5. The first-order chi connectivity index (χ1) is 7.72. The van der Waals surface area contributed by atoms with Crippen molar-refractivity contribution in [1.82, 2.24) is 4.98 Å². The summed E-state index contributed by atoms with van der Waals surface area (Å²) < 4.78 is 10.8. The molecule has 6 heteroatoms. The quantitative estimate of drug-likeness (QED) is 0.788. The molecular weight excluding hydrogens is 294 g/mol. The van der Waals surface area contributed by atoms with E-state index in [1.807, 2.05) is 0 Å². The summed E-state index contributed by atoms with van der Waals surface area (Å²) in [5.74, 6) is 0.00934. The fraction of sp³-hybridized carbons (Fsp3) is 0.600. The minimum atomic E-state index is -0.358. The number of ether oxygens (including phenoxy) is 2. The number of nitrogens with zero attached hydrogens (tertiary/aromatic N) is 1. The van der Waals surface area contributed by atoms with E-state index in [9.17, 15) is 4.79 Å². The summed E-state index contributed by atoms with van der Waals surface area (Å²) >= 11 is 4.83. The Balaban J connectivity index is 2.27. The van der Waals surface area contributed by atoms with Crippen LogP contribution in [0.3, 0.4) is 0 Å². The number of hydrogen-bond acceptors (Lipinski definition) is 5. The lowest BCUT2D eigenvalue weighted by Gasteiger charge is -2.21. The molecule has 4 nitrogen and oxygen atoms in total. The van der Waals surface area contributed by atoms with Crippen LogP contribution in [0, 0.1) is 0 Å². The van der Waals surface area contributed by atoms with Crippen molar-refractivity contribution < 1.29 is 14.3 Å². The molecule has 0 spiro atoms. The van der Waals surface area contributed by atoms with E-state index >= 15 is 0 Å². The number of aromatic nitrogens is 1. The summed E-state index contributed by atoms with van der Waals surface area (Å²) in [4.78, 5) is 16.8. The molecule has 88 valence electrons. The Kier molecular flexibility index (Phi) is 3.94. The van der Waals surface area contributed by atoms with Gasteiger partial charge >= 0.3 is 5.97 Å². The third-order valence-electron chi connectivity index (χ3n) is 2.60. The predicted octanol–water partition coefficient (Wildman–Crippen LogP) is 2.59. The summed E-state index contributed by atoms with van der Waals surface area (Å²) in [6.07, 6.45) is 1.89. The Labute approximate surface area is 106 Å². The summed E-state index contributed by atoms with van der Waals surface area (Å²) in [6.45, 7) is 1.50. The lowest BCUT2D eigenvalue weighted by atomic mass is 9.97. The highest BCUT2D eigenvalue weighted by atomic mass is 79.9. The van der Waals surface area contributed by atoms with Crippen molar-refractivity contribution in [3.05, 3.63) is 14.5 Å². The van der Waals surface area contributed by atoms with Crippen LogP contribution >= 0.6 is 27.3 Å². The van der Waals surface area contributed by atoms with Gasteiger partial charge in [-0.1, -0.05) is 0 Å². The normalized spacial score (nSPS) is 17.4. The fourth-order valence-electron chi connectivity index (χ4n) is 1.78. The first-order valence-corrected chi connectivity index (χ1v) is 6.65. The molecule has 1 aromatic rings. The number of carbonyl (C=O) groups is 1. The molecule has 2 heterocycles. The van der Waals surface area contributed by atoms with Crippen molar-refractivity contribution in [3.63, 3.8) is 0 Å². The van der Waals surface area contributed by atoms with E-state index < -0.39 is 0 Å². The number of thiazole rings is 1. The van der Waals surface area contributed by atoms with Crippen LogP contribution < -0.4 is 0 Å². The molecule has 0 saturated carbocycles. The Bertz CT molecular complexity index is 387. The maximum absolute atomic E-state index is 11.6.